The van der Waals surface area contributed by atoms with Crippen LogP contribution in [0.2, 0.25) is 5.15 Å². The monoisotopic (exact) mass is 317 g/mol. The number of pyridine rings is 1. The van der Waals surface area contributed by atoms with Crippen LogP contribution < -0.4 is 0 Å². The van der Waals surface area contributed by atoms with E-state index in [1.54, 1.807) is 0 Å². The Balaban J connectivity index is 2.20. The Kier molecular flexibility index (Phi) is 4.35. The van der Waals surface area contributed by atoms with Crippen LogP contribution in [0.4, 0.5) is 13.2 Å². The first-order valence-corrected chi connectivity index (χ1v) is 6.57. The summed E-state index contributed by atoms with van der Waals surface area (Å²) in [4.78, 5) is 15.9. The van der Waals surface area contributed by atoms with Crippen LogP contribution in [0.5, 0.6) is 0 Å². The van der Waals surface area contributed by atoms with Crippen LogP contribution in [0.1, 0.15) is 15.9 Å². The van der Waals surface area contributed by atoms with Crippen molar-refractivity contribution >= 4 is 28.5 Å². The van der Waals surface area contributed by atoms with E-state index >= 15 is 0 Å². The molecule has 2 aromatic rings. The van der Waals surface area contributed by atoms with Crippen molar-refractivity contribution in [3.63, 3.8) is 0 Å². The number of benzene rings is 1. The molecule has 0 aliphatic heterocycles. The molecule has 20 heavy (non-hydrogen) atoms. The fourth-order valence-electron chi connectivity index (χ4n) is 1.43. The van der Waals surface area contributed by atoms with E-state index in [9.17, 15) is 18.0 Å². The second-order valence-electron chi connectivity index (χ2n) is 3.78. The minimum Gasteiger partial charge on any atom is -0.281 e. The first-order chi connectivity index (χ1) is 9.36. The number of alkyl halides is 3. The molecule has 1 aromatic carbocycles. The molecule has 0 aliphatic rings. The van der Waals surface area contributed by atoms with E-state index in [0.29, 0.717) is 11.8 Å². The van der Waals surface area contributed by atoms with E-state index in [2.05, 4.69) is 4.98 Å². The van der Waals surface area contributed by atoms with E-state index < -0.39 is 16.9 Å². The average Bonchev–Trinajstić information content (AvgIpc) is 2.38. The van der Waals surface area contributed by atoms with Crippen LogP contribution in [-0.2, 0) is 6.18 Å². The third-order valence-electron chi connectivity index (χ3n) is 2.33. The van der Waals surface area contributed by atoms with Gasteiger partial charge in [-0.15, -0.1) is 0 Å². The molecule has 0 saturated carbocycles. The van der Waals surface area contributed by atoms with Gasteiger partial charge >= 0.3 is 6.18 Å². The Morgan fingerprint density at radius 3 is 2.60 bits per heavy atom. The third kappa shape index (κ3) is 3.74. The lowest BCUT2D eigenvalue weighted by Crippen LogP contribution is -2.04. The van der Waals surface area contributed by atoms with Crippen LogP contribution >= 0.6 is 23.4 Å². The molecule has 0 unspecified atom stereocenters. The Bertz CT molecular complexity index is 646. The van der Waals surface area contributed by atoms with E-state index in [4.69, 9.17) is 11.6 Å². The quantitative estimate of drug-likeness (QED) is 0.594. The third-order valence-corrected chi connectivity index (χ3v) is 3.45. The number of nitrogens with zero attached hydrogens (tertiary/aromatic N) is 1. The van der Waals surface area contributed by atoms with Crippen LogP contribution in [-0.4, -0.2) is 10.1 Å². The minimum atomic E-state index is -4.43. The van der Waals surface area contributed by atoms with E-state index in [1.807, 2.05) is 0 Å². The zero-order chi connectivity index (χ0) is 14.8. The highest BCUT2D eigenvalue weighted by Crippen LogP contribution is 2.32. The van der Waals surface area contributed by atoms with Crippen LogP contribution in [0.15, 0.2) is 47.5 Å². The number of hydrogen-bond acceptors (Lipinski definition) is 3. The Morgan fingerprint density at radius 2 is 1.95 bits per heavy atom. The topological polar surface area (TPSA) is 30.0 Å². The van der Waals surface area contributed by atoms with Crippen LogP contribution in [0.25, 0.3) is 0 Å². The maximum atomic E-state index is 12.6. The Hall–Kier alpha value is -1.53. The predicted molar refractivity (Wildman–Crippen MR) is 70.9 cm³/mol. The molecule has 0 saturated heterocycles. The summed E-state index contributed by atoms with van der Waals surface area (Å²) in [5.74, 6) is 0. The fraction of sp³-hybridized carbons (Fsp3) is 0.0769. The van der Waals surface area contributed by atoms with Gasteiger partial charge in [-0.1, -0.05) is 17.7 Å². The highest BCUT2D eigenvalue weighted by Gasteiger charge is 2.30. The molecule has 1 aromatic heterocycles. The summed E-state index contributed by atoms with van der Waals surface area (Å²) >= 11 is 6.37. The highest BCUT2D eigenvalue weighted by molar-refractivity contribution is 8.14. The molecule has 0 atom stereocenters. The first kappa shape index (κ1) is 14.9. The van der Waals surface area contributed by atoms with E-state index in [1.165, 1.54) is 30.5 Å². The molecule has 0 spiro atoms. The molecule has 7 heteroatoms. The molecule has 0 bridgehead atoms. The molecule has 2 rings (SSSR count). The summed E-state index contributed by atoms with van der Waals surface area (Å²) in [5, 5.41) is -0.242. The Morgan fingerprint density at radius 1 is 1.20 bits per heavy atom. The van der Waals surface area contributed by atoms with Crippen molar-refractivity contribution in [1.82, 2.24) is 4.98 Å². The number of aromatic nitrogens is 1. The lowest BCUT2D eigenvalue weighted by Gasteiger charge is -2.08. The van der Waals surface area contributed by atoms with Crippen molar-refractivity contribution in [1.29, 1.82) is 0 Å². The van der Waals surface area contributed by atoms with Crippen molar-refractivity contribution in [3.05, 3.63) is 58.9 Å². The maximum absolute atomic E-state index is 12.6. The standard InChI is InChI=1S/C13H7ClF3NOS/c14-11-6-8(4-5-18-11)12(19)20-10-3-1-2-9(7-10)13(15,16)17/h1-7H. The van der Waals surface area contributed by atoms with Gasteiger partial charge in [0, 0.05) is 16.7 Å². The molecule has 0 N–H and O–H groups in total. The lowest BCUT2D eigenvalue weighted by atomic mass is 10.2. The summed E-state index contributed by atoms with van der Waals surface area (Å²) < 4.78 is 37.7. The molecular formula is C13H7ClF3NOS. The van der Waals surface area contributed by atoms with Gasteiger partial charge in [-0.25, -0.2) is 4.98 Å². The number of carbonyl (C=O) groups is 1. The first-order valence-electron chi connectivity index (χ1n) is 5.37. The van der Waals surface area contributed by atoms with Gasteiger partial charge in [0.05, 0.1) is 5.56 Å². The van der Waals surface area contributed by atoms with Gasteiger partial charge in [-0.2, -0.15) is 13.2 Å². The summed E-state index contributed by atoms with van der Waals surface area (Å²) in [5.41, 5.74) is -0.504. The molecule has 0 amide bonds. The SMILES string of the molecule is O=C(Sc1cccc(C(F)(F)F)c1)c1ccnc(Cl)c1. The second-order valence-corrected chi connectivity index (χ2v) is 5.22. The van der Waals surface area contributed by atoms with Crippen molar-refractivity contribution in [2.75, 3.05) is 0 Å². The van der Waals surface area contributed by atoms with Crippen molar-refractivity contribution < 1.29 is 18.0 Å². The smallest absolute Gasteiger partial charge is 0.281 e. The molecule has 2 nitrogen and oxygen atoms in total. The molecular weight excluding hydrogens is 311 g/mol. The summed E-state index contributed by atoms with van der Waals surface area (Å²) in [6.07, 6.45) is -3.07. The van der Waals surface area contributed by atoms with E-state index in [-0.39, 0.29) is 15.6 Å². The van der Waals surface area contributed by atoms with Gasteiger partial charge in [-0.3, -0.25) is 4.79 Å². The van der Waals surface area contributed by atoms with Crippen LogP contribution in [0, 0.1) is 0 Å². The second kappa shape index (κ2) is 5.85. The van der Waals surface area contributed by atoms with Crippen molar-refractivity contribution in [3.8, 4) is 0 Å². The maximum Gasteiger partial charge on any atom is 0.416 e. The lowest BCUT2D eigenvalue weighted by molar-refractivity contribution is -0.137. The number of halogens is 4. The molecule has 0 radical (unpaired) electrons. The molecule has 1 heterocycles. The number of hydrogen-bond donors (Lipinski definition) is 0. The van der Waals surface area contributed by atoms with Gasteiger partial charge in [-0.05, 0) is 42.1 Å². The van der Waals surface area contributed by atoms with Gasteiger partial charge in [0.15, 0.2) is 0 Å². The van der Waals surface area contributed by atoms with Gasteiger partial charge in [0.2, 0.25) is 5.12 Å². The molecule has 0 fully saturated rings. The summed E-state index contributed by atoms with van der Waals surface area (Å²) in [6, 6.07) is 7.42. The summed E-state index contributed by atoms with van der Waals surface area (Å²) in [6.45, 7) is 0. The minimum absolute atomic E-state index is 0.153. The zero-order valence-electron chi connectivity index (χ0n) is 9.82. The van der Waals surface area contributed by atoms with Crippen molar-refractivity contribution in [2.45, 2.75) is 11.1 Å². The predicted octanol–water partition coefficient (Wildman–Crippen LogP) is 4.69. The number of carbonyl (C=O) groups excluding carboxylic acids is 1. The average molecular weight is 318 g/mol. The number of thioether (sulfide) groups is 1. The van der Waals surface area contributed by atoms with Gasteiger partial charge in [0.25, 0.3) is 0 Å². The highest BCUT2D eigenvalue weighted by atomic mass is 35.5. The normalized spacial score (nSPS) is 11.4. The zero-order valence-corrected chi connectivity index (χ0v) is 11.4. The Labute approximate surface area is 122 Å². The van der Waals surface area contributed by atoms with Crippen molar-refractivity contribution in [2.24, 2.45) is 0 Å². The van der Waals surface area contributed by atoms with Crippen LogP contribution in [0.3, 0.4) is 0 Å². The largest absolute Gasteiger partial charge is 0.416 e. The fourth-order valence-corrected chi connectivity index (χ4v) is 2.40. The van der Waals surface area contributed by atoms with E-state index in [0.717, 1.165) is 12.1 Å². The molecule has 104 valence electrons. The van der Waals surface area contributed by atoms with Gasteiger partial charge < -0.3 is 0 Å². The molecule has 0 aliphatic carbocycles. The number of rotatable bonds is 2. The summed E-state index contributed by atoms with van der Waals surface area (Å²) in [7, 11) is 0. The van der Waals surface area contributed by atoms with Gasteiger partial charge in [0.1, 0.15) is 5.15 Å².